The van der Waals surface area contributed by atoms with Crippen molar-refractivity contribution in [3.05, 3.63) is 84.1 Å². The molecule has 35 heavy (non-hydrogen) atoms. The Morgan fingerprint density at radius 3 is 2.31 bits per heavy atom. The van der Waals surface area contributed by atoms with Crippen molar-refractivity contribution in [2.45, 2.75) is 25.2 Å². The van der Waals surface area contributed by atoms with Gasteiger partial charge in [-0.3, -0.25) is 9.69 Å². The summed E-state index contributed by atoms with van der Waals surface area (Å²) in [6.45, 7) is 2.56. The number of anilines is 1. The Morgan fingerprint density at radius 2 is 1.74 bits per heavy atom. The number of hydrogen-bond donors (Lipinski definition) is 2. The molecule has 1 aliphatic rings. The minimum atomic E-state index is -5.08. The van der Waals surface area contributed by atoms with E-state index in [9.17, 15) is 22.4 Å². The fourth-order valence-electron chi connectivity index (χ4n) is 3.29. The highest BCUT2D eigenvalue weighted by Gasteiger charge is 2.38. The lowest BCUT2D eigenvalue weighted by Crippen LogP contribution is -2.24. The van der Waals surface area contributed by atoms with E-state index in [1.54, 1.807) is 24.3 Å². The molecule has 2 N–H and O–H groups in total. The number of aliphatic carboxylic acids is 1. The van der Waals surface area contributed by atoms with Gasteiger partial charge in [0.1, 0.15) is 17.7 Å². The number of nitrogens with zero attached hydrogens (tertiary/aromatic N) is 1. The van der Waals surface area contributed by atoms with Crippen molar-refractivity contribution >= 4 is 17.6 Å². The Bertz CT molecular complexity index is 1100. The Labute approximate surface area is 197 Å². The Morgan fingerprint density at radius 1 is 1.09 bits per heavy atom. The molecule has 0 radical (unpaired) electrons. The third-order valence-corrected chi connectivity index (χ3v) is 4.95. The number of carbonyl (C=O) groups excluding carboxylic acids is 1. The summed E-state index contributed by atoms with van der Waals surface area (Å²) < 4.78 is 55.9. The summed E-state index contributed by atoms with van der Waals surface area (Å²) in [5.74, 6) is -2.22. The van der Waals surface area contributed by atoms with Crippen LogP contribution in [0.5, 0.6) is 5.75 Å². The summed E-state index contributed by atoms with van der Waals surface area (Å²) in [6.07, 6.45) is -2.56. The van der Waals surface area contributed by atoms with Gasteiger partial charge in [-0.15, -0.1) is 0 Å². The zero-order valence-electron chi connectivity index (χ0n) is 18.3. The molecule has 0 aliphatic carbocycles. The van der Waals surface area contributed by atoms with Gasteiger partial charge in [-0.2, -0.15) is 13.2 Å². The molecule has 0 saturated carbocycles. The first-order chi connectivity index (χ1) is 16.6. The van der Waals surface area contributed by atoms with Crippen molar-refractivity contribution in [2.24, 2.45) is 0 Å². The fraction of sp³-hybridized carbons (Fsp3) is 0.250. The molecule has 4 rings (SSSR count). The lowest BCUT2D eigenvalue weighted by atomic mass is 10.2. The minimum Gasteiger partial charge on any atom is -0.489 e. The van der Waals surface area contributed by atoms with Crippen molar-refractivity contribution in [1.29, 1.82) is 0 Å². The Kier molecular flexibility index (Phi) is 8.48. The standard InChI is InChI=1S/C22H21FN2O3.C2HF3O2/c23-17-5-3-16(4-6-17)14-25-12-11-20(15-25)28-19-9-7-18(8-10-19)24-22(26)21-2-1-13-27-21;3-2(4,5)1(6)7/h1-10,13,20H,11-12,14-15H2,(H,24,26);(H,6,7). The first-order valence-corrected chi connectivity index (χ1v) is 10.5. The summed E-state index contributed by atoms with van der Waals surface area (Å²) in [4.78, 5) is 23.2. The zero-order chi connectivity index (χ0) is 25.4. The quantitative estimate of drug-likeness (QED) is 0.471. The first kappa shape index (κ1) is 25.8. The largest absolute Gasteiger partial charge is 0.490 e. The van der Waals surface area contributed by atoms with Crippen LogP contribution >= 0.6 is 0 Å². The van der Waals surface area contributed by atoms with Gasteiger partial charge in [-0.05, 0) is 60.5 Å². The van der Waals surface area contributed by atoms with Crippen molar-refractivity contribution in [3.63, 3.8) is 0 Å². The maximum Gasteiger partial charge on any atom is 0.490 e. The highest BCUT2D eigenvalue weighted by molar-refractivity contribution is 6.02. The molecule has 0 bridgehead atoms. The van der Waals surface area contributed by atoms with E-state index < -0.39 is 12.1 Å². The van der Waals surface area contributed by atoms with Gasteiger partial charge in [0, 0.05) is 25.3 Å². The predicted octanol–water partition coefficient (Wildman–Crippen LogP) is 4.96. The summed E-state index contributed by atoms with van der Waals surface area (Å²) in [7, 11) is 0. The van der Waals surface area contributed by atoms with Gasteiger partial charge in [0.25, 0.3) is 5.91 Å². The van der Waals surface area contributed by atoms with Crippen LogP contribution in [0, 0.1) is 5.82 Å². The molecule has 186 valence electrons. The Hall–Kier alpha value is -3.86. The number of likely N-dealkylation sites (tertiary alicyclic amines) is 1. The number of alkyl halides is 3. The molecule has 0 spiro atoms. The highest BCUT2D eigenvalue weighted by Crippen LogP contribution is 2.22. The van der Waals surface area contributed by atoms with Gasteiger partial charge in [-0.25, -0.2) is 9.18 Å². The SMILES string of the molecule is O=C(Nc1ccc(OC2CCN(Cc3ccc(F)cc3)C2)cc1)c1ccco1.O=C(O)C(F)(F)F. The lowest BCUT2D eigenvalue weighted by molar-refractivity contribution is -0.192. The van der Waals surface area contributed by atoms with Gasteiger partial charge in [-0.1, -0.05) is 12.1 Å². The summed E-state index contributed by atoms with van der Waals surface area (Å²) >= 11 is 0. The summed E-state index contributed by atoms with van der Waals surface area (Å²) in [6, 6.07) is 17.2. The predicted molar refractivity (Wildman–Crippen MR) is 118 cm³/mol. The van der Waals surface area contributed by atoms with Gasteiger partial charge >= 0.3 is 12.1 Å². The van der Waals surface area contributed by atoms with Crippen LogP contribution in [-0.4, -0.2) is 47.3 Å². The highest BCUT2D eigenvalue weighted by atomic mass is 19.4. The topological polar surface area (TPSA) is 92.0 Å². The molecular weight excluding hydrogens is 472 g/mol. The van der Waals surface area contributed by atoms with Crippen LogP contribution in [0.3, 0.4) is 0 Å². The summed E-state index contributed by atoms with van der Waals surface area (Å²) in [5.41, 5.74) is 1.77. The van der Waals surface area contributed by atoms with Crippen molar-refractivity contribution in [1.82, 2.24) is 4.90 Å². The van der Waals surface area contributed by atoms with Crippen LogP contribution in [0.1, 0.15) is 22.5 Å². The number of hydrogen-bond acceptors (Lipinski definition) is 5. The maximum absolute atomic E-state index is 13.0. The molecule has 1 atom stereocenters. The van der Waals surface area contributed by atoms with Gasteiger partial charge in [0.2, 0.25) is 0 Å². The second-order valence-corrected chi connectivity index (χ2v) is 7.65. The van der Waals surface area contributed by atoms with Crippen molar-refractivity contribution in [3.8, 4) is 5.75 Å². The second kappa shape index (κ2) is 11.5. The average molecular weight is 494 g/mol. The molecule has 1 fully saturated rings. The van der Waals surface area contributed by atoms with Crippen LogP contribution in [0.15, 0.2) is 71.3 Å². The molecular formula is C24H22F4N2O5. The normalized spacial score (nSPS) is 15.7. The molecule has 7 nitrogen and oxygen atoms in total. The zero-order valence-corrected chi connectivity index (χ0v) is 18.3. The van der Waals surface area contributed by atoms with E-state index in [4.69, 9.17) is 19.1 Å². The molecule has 3 aromatic rings. The number of amides is 1. The Balaban J connectivity index is 0.000000429. The van der Waals surface area contributed by atoms with Crippen molar-refractivity contribution in [2.75, 3.05) is 18.4 Å². The van der Waals surface area contributed by atoms with E-state index in [0.29, 0.717) is 5.69 Å². The van der Waals surface area contributed by atoms with Crippen LogP contribution in [0.2, 0.25) is 0 Å². The van der Waals surface area contributed by atoms with E-state index in [1.165, 1.54) is 18.4 Å². The molecule has 1 aliphatic heterocycles. The van der Waals surface area contributed by atoms with Gasteiger partial charge in [0.15, 0.2) is 5.76 Å². The van der Waals surface area contributed by atoms with E-state index in [0.717, 1.165) is 37.4 Å². The number of nitrogens with one attached hydrogen (secondary N) is 1. The number of halogens is 4. The van der Waals surface area contributed by atoms with Gasteiger partial charge < -0.3 is 19.6 Å². The van der Waals surface area contributed by atoms with Crippen molar-refractivity contribution < 1.29 is 41.4 Å². The summed E-state index contributed by atoms with van der Waals surface area (Å²) in [5, 5.41) is 9.91. The molecule has 2 aromatic carbocycles. The fourth-order valence-corrected chi connectivity index (χ4v) is 3.29. The number of ether oxygens (including phenoxy) is 1. The third kappa shape index (κ3) is 8.14. The lowest BCUT2D eigenvalue weighted by Gasteiger charge is -2.17. The number of carboxylic acids is 1. The third-order valence-electron chi connectivity index (χ3n) is 4.95. The van der Waals surface area contributed by atoms with Crippen LogP contribution in [-0.2, 0) is 11.3 Å². The number of furan rings is 1. The van der Waals surface area contributed by atoms with E-state index in [2.05, 4.69) is 10.2 Å². The van der Waals surface area contributed by atoms with Crippen LogP contribution in [0.4, 0.5) is 23.2 Å². The number of rotatable bonds is 6. The minimum absolute atomic E-state index is 0.115. The molecule has 1 saturated heterocycles. The van der Waals surface area contributed by atoms with Crippen LogP contribution in [0.25, 0.3) is 0 Å². The smallest absolute Gasteiger partial charge is 0.489 e. The maximum atomic E-state index is 13.0. The van der Waals surface area contributed by atoms with Gasteiger partial charge in [0.05, 0.1) is 6.26 Å². The second-order valence-electron chi connectivity index (χ2n) is 7.65. The van der Waals surface area contributed by atoms with Crippen LogP contribution < -0.4 is 10.1 Å². The van der Waals surface area contributed by atoms with E-state index >= 15 is 0 Å². The first-order valence-electron chi connectivity index (χ1n) is 10.5. The van der Waals surface area contributed by atoms with E-state index in [1.807, 2.05) is 24.3 Å². The average Bonchev–Trinajstić information content (AvgIpc) is 3.49. The number of benzene rings is 2. The number of carbonyl (C=O) groups is 2. The molecule has 11 heteroatoms. The van der Waals surface area contributed by atoms with E-state index in [-0.39, 0.29) is 23.6 Å². The monoisotopic (exact) mass is 494 g/mol. The molecule has 1 aromatic heterocycles. The molecule has 1 amide bonds. The molecule has 2 heterocycles. The number of carboxylic acid groups (broad SMARTS) is 1. The molecule has 1 unspecified atom stereocenters.